The molecule has 1 saturated heterocycles. The molecule has 2 heterocycles. The van der Waals surface area contributed by atoms with Crippen molar-refractivity contribution in [2.45, 2.75) is 32.4 Å². The van der Waals surface area contributed by atoms with E-state index in [4.69, 9.17) is 5.73 Å². The molecule has 1 aromatic heterocycles. The average molecular weight is 237 g/mol. The summed E-state index contributed by atoms with van der Waals surface area (Å²) in [5.41, 5.74) is 6.20. The molecule has 5 heteroatoms. The minimum Gasteiger partial charge on any atom is -0.397 e. The maximum absolute atomic E-state index is 12.2. The van der Waals surface area contributed by atoms with Crippen molar-refractivity contribution < 1.29 is 9.90 Å². The van der Waals surface area contributed by atoms with Crippen LogP contribution in [-0.2, 0) is 6.54 Å². The summed E-state index contributed by atoms with van der Waals surface area (Å²) in [6.07, 6.45) is 2.74. The zero-order valence-corrected chi connectivity index (χ0v) is 10.3. The SMILES string of the molecule is CCCn1cc(N)cc1C(=O)N1CC(C)(O)C1. The third kappa shape index (κ3) is 2.29. The van der Waals surface area contributed by atoms with Crippen LogP contribution in [0.25, 0.3) is 0 Å². The number of likely N-dealkylation sites (tertiary alicyclic amines) is 1. The van der Waals surface area contributed by atoms with Gasteiger partial charge in [0.2, 0.25) is 0 Å². The lowest BCUT2D eigenvalue weighted by atomic mass is 9.96. The van der Waals surface area contributed by atoms with Gasteiger partial charge in [0.05, 0.1) is 24.4 Å². The molecule has 0 spiro atoms. The highest BCUT2D eigenvalue weighted by atomic mass is 16.3. The van der Waals surface area contributed by atoms with Crippen LogP contribution in [0.5, 0.6) is 0 Å². The fourth-order valence-corrected chi connectivity index (χ4v) is 2.22. The van der Waals surface area contributed by atoms with Crippen molar-refractivity contribution in [1.29, 1.82) is 0 Å². The lowest BCUT2D eigenvalue weighted by molar-refractivity contribution is -0.0672. The Labute approximate surface area is 101 Å². The molecule has 0 bridgehead atoms. The molecule has 17 heavy (non-hydrogen) atoms. The quantitative estimate of drug-likeness (QED) is 0.812. The first kappa shape index (κ1) is 12.0. The number of β-amino-alcohol motifs (C(OH)–C–C–N with tert-alkyl or cyclic N) is 1. The summed E-state index contributed by atoms with van der Waals surface area (Å²) < 4.78 is 1.88. The van der Waals surface area contributed by atoms with E-state index in [0.717, 1.165) is 13.0 Å². The second-order valence-corrected chi connectivity index (χ2v) is 5.01. The first-order valence-corrected chi connectivity index (χ1v) is 5.90. The molecule has 2 rings (SSSR count). The van der Waals surface area contributed by atoms with E-state index in [9.17, 15) is 9.90 Å². The second-order valence-electron chi connectivity index (χ2n) is 5.01. The molecule has 0 aromatic carbocycles. The molecule has 0 radical (unpaired) electrons. The standard InChI is InChI=1S/C12H19N3O2/c1-3-4-14-6-9(13)5-10(14)11(16)15-7-12(2,17)8-15/h5-6,17H,3-4,7-8,13H2,1-2H3. The maximum atomic E-state index is 12.2. The minimum absolute atomic E-state index is 0.0540. The fourth-order valence-electron chi connectivity index (χ4n) is 2.22. The van der Waals surface area contributed by atoms with Gasteiger partial charge in [-0.1, -0.05) is 6.92 Å². The van der Waals surface area contributed by atoms with Crippen LogP contribution in [-0.4, -0.2) is 39.2 Å². The van der Waals surface area contributed by atoms with E-state index in [1.807, 2.05) is 4.57 Å². The van der Waals surface area contributed by atoms with Crippen molar-refractivity contribution in [2.75, 3.05) is 18.8 Å². The predicted octanol–water partition coefficient (Wildman–Crippen LogP) is 0.687. The van der Waals surface area contributed by atoms with Crippen LogP contribution in [0.15, 0.2) is 12.3 Å². The molecule has 0 atom stereocenters. The molecule has 1 aliphatic rings. The molecule has 94 valence electrons. The normalized spacial score (nSPS) is 17.9. The van der Waals surface area contributed by atoms with E-state index < -0.39 is 5.60 Å². The van der Waals surface area contributed by atoms with Gasteiger partial charge in [-0.25, -0.2) is 0 Å². The largest absolute Gasteiger partial charge is 0.397 e. The van der Waals surface area contributed by atoms with Gasteiger partial charge >= 0.3 is 0 Å². The van der Waals surface area contributed by atoms with Crippen LogP contribution in [0.4, 0.5) is 5.69 Å². The first-order chi connectivity index (χ1) is 7.93. The number of nitrogens with two attached hydrogens (primary N) is 1. The number of anilines is 1. The molecular weight excluding hydrogens is 218 g/mol. The summed E-state index contributed by atoms with van der Waals surface area (Å²) in [5.74, 6) is -0.0540. The Bertz CT molecular complexity index is 429. The zero-order valence-electron chi connectivity index (χ0n) is 10.3. The van der Waals surface area contributed by atoms with E-state index >= 15 is 0 Å². The molecular formula is C12H19N3O2. The van der Waals surface area contributed by atoms with Gasteiger partial charge in [0.25, 0.3) is 5.91 Å². The Hall–Kier alpha value is -1.49. The van der Waals surface area contributed by atoms with Crippen LogP contribution in [0.1, 0.15) is 30.8 Å². The van der Waals surface area contributed by atoms with Crippen molar-refractivity contribution in [3.8, 4) is 0 Å². The molecule has 3 N–H and O–H groups in total. The number of hydrogen-bond donors (Lipinski definition) is 2. The maximum Gasteiger partial charge on any atom is 0.270 e. The third-order valence-electron chi connectivity index (χ3n) is 2.95. The lowest BCUT2D eigenvalue weighted by Gasteiger charge is -2.44. The molecule has 0 saturated carbocycles. The van der Waals surface area contributed by atoms with E-state index in [2.05, 4.69) is 6.92 Å². The monoisotopic (exact) mass is 237 g/mol. The molecule has 0 unspecified atom stereocenters. The lowest BCUT2D eigenvalue weighted by Crippen LogP contribution is -2.61. The summed E-state index contributed by atoms with van der Waals surface area (Å²) in [5, 5.41) is 9.63. The Morgan fingerprint density at radius 2 is 2.24 bits per heavy atom. The molecule has 0 aliphatic carbocycles. The smallest absolute Gasteiger partial charge is 0.270 e. The van der Waals surface area contributed by atoms with E-state index in [1.54, 1.807) is 24.1 Å². The minimum atomic E-state index is -0.733. The zero-order chi connectivity index (χ0) is 12.6. The van der Waals surface area contributed by atoms with E-state index in [-0.39, 0.29) is 5.91 Å². The fraction of sp³-hybridized carbons (Fsp3) is 0.583. The van der Waals surface area contributed by atoms with E-state index in [1.165, 1.54) is 0 Å². The molecule has 1 aliphatic heterocycles. The van der Waals surface area contributed by atoms with Crippen LogP contribution >= 0.6 is 0 Å². The Balaban J connectivity index is 2.14. The average Bonchev–Trinajstić information content (AvgIpc) is 2.55. The number of hydrogen-bond acceptors (Lipinski definition) is 3. The first-order valence-electron chi connectivity index (χ1n) is 5.90. The van der Waals surface area contributed by atoms with Crippen molar-refractivity contribution in [2.24, 2.45) is 0 Å². The number of carbonyl (C=O) groups is 1. The second kappa shape index (κ2) is 4.07. The van der Waals surface area contributed by atoms with Crippen molar-refractivity contribution in [3.05, 3.63) is 18.0 Å². The molecule has 1 aromatic rings. The summed E-state index contributed by atoms with van der Waals surface area (Å²) in [4.78, 5) is 13.8. The van der Waals surface area contributed by atoms with Crippen LogP contribution in [0.2, 0.25) is 0 Å². The predicted molar refractivity (Wildman–Crippen MR) is 65.7 cm³/mol. The summed E-state index contributed by atoms with van der Waals surface area (Å²) in [6.45, 7) is 5.35. The Morgan fingerprint density at radius 3 is 2.76 bits per heavy atom. The molecule has 1 fully saturated rings. The topological polar surface area (TPSA) is 71.5 Å². The van der Waals surface area contributed by atoms with Crippen molar-refractivity contribution in [3.63, 3.8) is 0 Å². The van der Waals surface area contributed by atoms with Crippen LogP contribution in [0.3, 0.4) is 0 Å². The number of amides is 1. The number of aryl methyl sites for hydroxylation is 1. The van der Waals surface area contributed by atoms with Gasteiger partial charge in [-0.2, -0.15) is 0 Å². The van der Waals surface area contributed by atoms with E-state index in [0.29, 0.717) is 24.5 Å². The van der Waals surface area contributed by atoms with Crippen molar-refractivity contribution in [1.82, 2.24) is 9.47 Å². The highest BCUT2D eigenvalue weighted by Crippen LogP contribution is 2.23. The van der Waals surface area contributed by atoms with Gasteiger partial charge in [0, 0.05) is 12.7 Å². The number of nitrogen functional groups attached to an aromatic ring is 1. The van der Waals surface area contributed by atoms with Gasteiger partial charge < -0.3 is 20.3 Å². The molecule has 5 nitrogen and oxygen atoms in total. The van der Waals surface area contributed by atoms with Crippen LogP contribution < -0.4 is 5.73 Å². The van der Waals surface area contributed by atoms with Gasteiger partial charge in [-0.3, -0.25) is 4.79 Å². The number of carbonyl (C=O) groups excluding carboxylic acids is 1. The van der Waals surface area contributed by atoms with Gasteiger partial charge in [0.15, 0.2) is 0 Å². The number of aliphatic hydroxyl groups is 1. The van der Waals surface area contributed by atoms with Gasteiger partial charge in [-0.05, 0) is 19.4 Å². The third-order valence-corrected chi connectivity index (χ3v) is 2.95. The Morgan fingerprint density at radius 1 is 1.59 bits per heavy atom. The van der Waals surface area contributed by atoms with Gasteiger partial charge in [0.1, 0.15) is 5.69 Å². The number of rotatable bonds is 3. The highest BCUT2D eigenvalue weighted by Gasteiger charge is 2.40. The van der Waals surface area contributed by atoms with Crippen molar-refractivity contribution >= 4 is 11.6 Å². The number of nitrogens with zero attached hydrogens (tertiary/aromatic N) is 2. The van der Waals surface area contributed by atoms with Gasteiger partial charge in [-0.15, -0.1) is 0 Å². The summed E-state index contributed by atoms with van der Waals surface area (Å²) >= 11 is 0. The summed E-state index contributed by atoms with van der Waals surface area (Å²) in [6, 6.07) is 1.70. The Kier molecular flexibility index (Phi) is 2.87. The van der Waals surface area contributed by atoms with Crippen LogP contribution in [0, 0.1) is 0 Å². The number of aromatic nitrogens is 1. The highest BCUT2D eigenvalue weighted by molar-refractivity contribution is 5.94. The summed E-state index contributed by atoms with van der Waals surface area (Å²) in [7, 11) is 0. The molecule has 1 amide bonds.